The first-order valence-corrected chi connectivity index (χ1v) is 5.20. The molecular formula is C9H6BrF3N4. The number of nitrogen functional groups attached to an aromatic ring is 1. The Kier molecular flexibility index (Phi) is 2.82. The van der Waals surface area contributed by atoms with Crippen LogP contribution in [0.1, 0.15) is 5.56 Å². The van der Waals surface area contributed by atoms with E-state index >= 15 is 0 Å². The first-order valence-electron chi connectivity index (χ1n) is 4.41. The molecule has 17 heavy (non-hydrogen) atoms. The molecule has 0 amide bonds. The summed E-state index contributed by atoms with van der Waals surface area (Å²) in [6.45, 7) is 0. The Bertz CT molecular complexity index is 549. The fraction of sp³-hybridized carbons (Fsp3) is 0.111. The second-order valence-electron chi connectivity index (χ2n) is 3.24. The lowest BCUT2D eigenvalue weighted by molar-refractivity contribution is -0.137. The van der Waals surface area contributed by atoms with Crippen molar-refractivity contribution in [2.75, 3.05) is 5.73 Å². The molecular weight excluding hydrogens is 301 g/mol. The molecule has 4 nitrogen and oxygen atoms in total. The number of hydrogen-bond acceptors (Lipinski definition) is 3. The maximum Gasteiger partial charge on any atom is 0.419 e. The molecule has 0 aromatic carbocycles. The Morgan fingerprint density at radius 2 is 2.00 bits per heavy atom. The van der Waals surface area contributed by atoms with E-state index in [1.54, 1.807) is 0 Å². The highest BCUT2D eigenvalue weighted by Crippen LogP contribution is 2.29. The van der Waals surface area contributed by atoms with Gasteiger partial charge < -0.3 is 5.73 Å². The number of hydrogen-bond donors (Lipinski definition) is 1. The van der Waals surface area contributed by atoms with Crippen molar-refractivity contribution in [3.8, 4) is 5.82 Å². The zero-order chi connectivity index (χ0) is 12.6. The molecule has 2 rings (SSSR count). The average Bonchev–Trinajstić information content (AvgIpc) is 2.65. The monoisotopic (exact) mass is 306 g/mol. The Hall–Kier alpha value is -1.57. The van der Waals surface area contributed by atoms with Crippen LogP contribution in [0, 0.1) is 0 Å². The largest absolute Gasteiger partial charge is 0.419 e. The summed E-state index contributed by atoms with van der Waals surface area (Å²) < 4.78 is 38.7. The quantitative estimate of drug-likeness (QED) is 0.881. The van der Waals surface area contributed by atoms with E-state index in [-0.39, 0.29) is 11.5 Å². The second kappa shape index (κ2) is 4.02. The molecule has 0 aliphatic rings. The minimum atomic E-state index is -4.43. The van der Waals surface area contributed by atoms with Crippen molar-refractivity contribution in [2.24, 2.45) is 0 Å². The highest BCUT2D eigenvalue weighted by Gasteiger charge is 2.32. The summed E-state index contributed by atoms with van der Waals surface area (Å²) in [6.07, 6.45) is -1.43. The van der Waals surface area contributed by atoms with Crippen LogP contribution >= 0.6 is 15.9 Å². The number of alkyl halides is 3. The Balaban J connectivity index is 2.44. The summed E-state index contributed by atoms with van der Waals surface area (Å²) in [6, 6.07) is 1.54. The van der Waals surface area contributed by atoms with E-state index in [9.17, 15) is 13.2 Å². The third-order valence-electron chi connectivity index (χ3n) is 1.99. The normalized spacial score (nSPS) is 11.8. The predicted molar refractivity (Wildman–Crippen MR) is 58.5 cm³/mol. The lowest BCUT2D eigenvalue weighted by Gasteiger charge is -2.04. The van der Waals surface area contributed by atoms with Crippen LogP contribution in [0.15, 0.2) is 29.1 Å². The van der Waals surface area contributed by atoms with Gasteiger partial charge in [-0.05, 0) is 22.0 Å². The summed E-state index contributed by atoms with van der Waals surface area (Å²) in [5.74, 6) is 0.156. The molecule has 0 radical (unpaired) electrons. The summed E-state index contributed by atoms with van der Waals surface area (Å²) in [5, 5.41) is 3.58. The minimum absolute atomic E-state index is 0.156. The molecule has 0 spiro atoms. The van der Waals surface area contributed by atoms with Gasteiger partial charge in [-0.2, -0.15) is 18.3 Å². The van der Waals surface area contributed by atoms with Gasteiger partial charge in [-0.25, -0.2) is 9.67 Å². The molecule has 2 heterocycles. The molecule has 2 aromatic rings. The van der Waals surface area contributed by atoms with Crippen molar-refractivity contribution >= 4 is 21.6 Å². The van der Waals surface area contributed by atoms with Gasteiger partial charge in [0.25, 0.3) is 0 Å². The van der Waals surface area contributed by atoms with Crippen molar-refractivity contribution in [1.29, 1.82) is 0 Å². The van der Waals surface area contributed by atoms with Crippen molar-refractivity contribution in [3.63, 3.8) is 0 Å². The number of pyridine rings is 1. The highest BCUT2D eigenvalue weighted by atomic mass is 79.9. The molecule has 2 aromatic heterocycles. The SMILES string of the molecule is Nc1cc(Br)cnc1-n1cc(C(F)(F)F)cn1. The van der Waals surface area contributed by atoms with E-state index in [0.717, 1.165) is 17.1 Å². The molecule has 0 bridgehead atoms. The van der Waals surface area contributed by atoms with E-state index < -0.39 is 11.7 Å². The van der Waals surface area contributed by atoms with Gasteiger partial charge >= 0.3 is 6.18 Å². The third-order valence-corrected chi connectivity index (χ3v) is 2.42. The first-order chi connectivity index (χ1) is 7.88. The highest BCUT2D eigenvalue weighted by molar-refractivity contribution is 9.10. The number of aromatic nitrogens is 3. The lowest BCUT2D eigenvalue weighted by Crippen LogP contribution is -2.05. The zero-order valence-electron chi connectivity index (χ0n) is 8.24. The van der Waals surface area contributed by atoms with Crippen LogP contribution < -0.4 is 5.73 Å². The van der Waals surface area contributed by atoms with Gasteiger partial charge in [-0.1, -0.05) is 0 Å². The van der Waals surface area contributed by atoms with Crippen LogP contribution in [-0.2, 0) is 6.18 Å². The molecule has 0 saturated heterocycles. The van der Waals surface area contributed by atoms with Gasteiger partial charge in [0.2, 0.25) is 0 Å². The summed E-state index contributed by atoms with van der Waals surface area (Å²) in [4.78, 5) is 3.90. The van der Waals surface area contributed by atoms with Crippen LogP contribution in [0.2, 0.25) is 0 Å². The van der Waals surface area contributed by atoms with Gasteiger partial charge in [0.1, 0.15) is 0 Å². The molecule has 0 unspecified atom stereocenters. The Morgan fingerprint density at radius 3 is 2.53 bits per heavy atom. The molecule has 0 saturated carbocycles. The van der Waals surface area contributed by atoms with Gasteiger partial charge in [-0.3, -0.25) is 0 Å². The number of anilines is 1. The summed E-state index contributed by atoms with van der Waals surface area (Å²) >= 11 is 3.15. The molecule has 0 aliphatic carbocycles. The van der Waals surface area contributed by atoms with Crippen LogP contribution in [0.3, 0.4) is 0 Å². The van der Waals surface area contributed by atoms with E-state index in [1.165, 1.54) is 12.3 Å². The van der Waals surface area contributed by atoms with Crippen molar-refractivity contribution < 1.29 is 13.2 Å². The third kappa shape index (κ3) is 2.41. The Labute approximate surface area is 102 Å². The van der Waals surface area contributed by atoms with E-state index in [4.69, 9.17) is 5.73 Å². The summed E-state index contributed by atoms with van der Waals surface area (Å²) in [5.41, 5.74) is 5.02. The average molecular weight is 307 g/mol. The minimum Gasteiger partial charge on any atom is -0.396 e. The van der Waals surface area contributed by atoms with Crippen LogP contribution in [0.5, 0.6) is 0 Å². The molecule has 90 valence electrons. The van der Waals surface area contributed by atoms with Gasteiger partial charge in [0.05, 0.1) is 17.4 Å². The number of nitrogens with two attached hydrogens (primary N) is 1. The van der Waals surface area contributed by atoms with Crippen LogP contribution in [-0.4, -0.2) is 14.8 Å². The van der Waals surface area contributed by atoms with Crippen LogP contribution in [0.4, 0.5) is 18.9 Å². The number of nitrogens with zero attached hydrogens (tertiary/aromatic N) is 3. The number of rotatable bonds is 1. The zero-order valence-corrected chi connectivity index (χ0v) is 9.83. The molecule has 8 heteroatoms. The molecule has 0 atom stereocenters. The lowest BCUT2D eigenvalue weighted by atomic mass is 10.3. The first kappa shape index (κ1) is 11.9. The van der Waals surface area contributed by atoms with Gasteiger partial charge in [0.15, 0.2) is 5.82 Å². The second-order valence-corrected chi connectivity index (χ2v) is 4.15. The fourth-order valence-corrected chi connectivity index (χ4v) is 1.57. The summed E-state index contributed by atoms with van der Waals surface area (Å²) in [7, 11) is 0. The van der Waals surface area contributed by atoms with Gasteiger partial charge in [0, 0.05) is 16.9 Å². The van der Waals surface area contributed by atoms with Crippen LogP contribution in [0.25, 0.3) is 5.82 Å². The van der Waals surface area contributed by atoms with Crippen molar-refractivity contribution in [3.05, 3.63) is 34.7 Å². The Morgan fingerprint density at radius 1 is 1.29 bits per heavy atom. The molecule has 2 N–H and O–H groups in total. The molecule has 0 aliphatic heterocycles. The number of halogens is 4. The van der Waals surface area contributed by atoms with E-state index in [0.29, 0.717) is 4.47 Å². The predicted octanol–water partition coefficient (Wildman–Crippen LogP) is 2.63. The van der Waals surface area contributed by atoms with E-state index in [2.05, 4.69) is 26.0 Å². The topological polar surface area (TPSA) is 56.7 Å². The van der Waals surface area contributed by atoms with Crippen molar-refractivity contribution in [1.82, 2.24) is 14.8 Å². The fourth-order valence-electron chi connectivity index (χ4n) is 1.22. The van der Waals surface area contributed by atoms with Crippen molar-refractivity contribution in [2.45, 2.75) is 6.18 Å². The molecule has 0 fully saturated rings. The van der Waals surface area contributed by atoms with E-state index in [1.807, 2.05) is 0 Å². The van der Waals surface area contributed by atoms with Gasteiger partial charge in [-0.15, -0.1) is 0 Å². The maximum absolute atomic E-state index is 12.4. The smallest absolute Gasteiger partial charge is 0.396 e. The standard InChI is InChI=1S/C9H6BrF3N4/c10-6-1-7(14)8(15-3-6)17-4-5(2-16-17)9(11,12)13/h1-4H,14H2. The maximum atomic E-state index is 12.4.